The van der Waals surface area contributed by atoms with Crippen molar-refractivity contribution in [2.24, 2.45) is 0 Å². The molecule has 0 aliphatic carbocycles. The van der Waals surface area contributed by atoms with Crippen LogP contribution in [0.1, 0.15) is 5.69 Å². The highest BCUT2D eigenvalue weighted by Crippen LogP contribution is 2.29. The van der Waals surface area contributed by atoms with E-state index < -0.39 is 11.9 Å². The Morgan fingerprint density at radius 1 is 1.44 bits per heavy atom. The second-order valence-electron chi connectivity index (χ2n) is 4.00. The summed E-state index contributed by atoms with van der Waals surface area (Å²) in [5.41, 5.74) is -0.910. The van der Waals surface area contributed by atoms with Crippen LogP contribution >= 0.6 is 0 Å². The molecular weight excluding hydrogens is 249 g/mol. The van der Waals surface area contributed by atoms with Gasteiger partial charge in [-0.2, -0.15) is 13.2 Å². The van der Waals surface area contributed by atoms with Crippen molar-refractivity contribution in [2.45, 2.75) is 12.3 Å². The maximum atomic E-state index is 12.5. The van der Waals surface area contributed by atoms with Crippen LogP contribution in [0.2, 0.25) is 0 Å². The van der Waals surface area contributed by atoms with Crippen molar-refractivity contribution in [3.05, 3.63) is 23.9 Å². The average Bonchev–Trinajstić information content (AvgIpc) is 2.38. The summed E-state index contributed by atoms with van der Waals surface area (Å²) in [6.45, 7) is 1.01. The lowest BCUT2D eigenvalue weighted by atomic mass is 10.2. The molecule has 4 nitrogen and oxygen atoms in total. The monoisotopic (exact) mass is 262 g/mol. The molecule has 1 aliphatic rings. The van der Waals surface area contributed by atoms with Gasteiger partial charge >= 0.3 is 6.18 Å². The van der Waals surface area contributed by atoms with Crippen LogP contribution < -0.4 is 4.90 Å². The van der Waals surface area contributed by atoms with Gasteiger partial charge in [-0.25, -0.2) is 4.98 Å². The van der Waals surface area contributed by atoms with Gasteiger partial charge in [-0.15, -0.1) is 0 Å². The highest BCUT2D eigenvalue weighted by atomic mass is 19.4. The molecule has 1 aromatic rings. The molecule has 1 aliphatic heterocycles. The van der Waals surface area contributed by atoms with Crippen LogP contribution in [-0.4, -0.2) is 42.5 Å². The minimum Gasteiger partial charge on any atom is -0.394 e. The zero-order chi connectivity index (χ0) is 13.2. The van der Waals surface area contributed by atoms with Crippen molar-refractivity contribution >= 4 is 5.82 Å². The maximum Gasteiger partial charge on any atom is 0.433 e. The standard InChI is InChI=1S/C11H13F3N2O2/c12-11(13,14)9-2-1-3-10(15-9)16-4-5-18-8(6-16)7-17/h1-3,8,17H,4-7H2. The Hall–Kier alpha value is -1.34. The molecule has 1 unspecified atom stereocenters. The second-order valence-corrected chi connectivity index (χ2v) is 4.00. The fourth-order valence-electron chi connectivity index (χ4n) is 1.80. The molecule has 0 bridgehead atoms. The van der Waals surface area contributed by atoms with Gasteiger partial charge in [0.05, 0.1) is 19.3 Å². The topological polar surface area (TPSA) is 45.6 Å². The maximum absolute atomic E-state index is 12.5. The first-order chi connectivity index (χ1) is 8.50. The lowest BCUT2D eigenvalue weighted by Crippen LogP contribution is -2.44. The normalized spacial score (nSPS) is 21.1. The molecule has 0 spiro atoms. The van der Waals surface area contributed by atoms with Gasteiger partial charge in [-0.1, -0.05) is 6.07 Å². The number of aromatic nitrogens is 1. The third-order valence-corrected chi connectivity index (χ3v) is 2.69. The third kappa shape index (κ3) is 2.91. The number of halogens is 3. The number of aliphatic hydroxyl groups is 1. The number of hydrogen-bond acceptors (Lipinski definition) is 4. The summed E-state index contributed by atoms with van der Waals surface area (Å²) in [4.78, 5) is 5.28. The molecule has 1 N–H and O–H groups in total. The number of pyridine rings is 1. The Kier molecular flexibility index (Phi) is 3.72. The molecule has 1 fully saturated rings. The summed E-state index contributed by atoms with van der Waals surface area (Å²) in [5.74, 6) is 0.256. The van der Waals surface area contributed by atoms with E-state index >= 15 is 0 Å². The quantitative estimate of drug-likeness (QED) is 0.872. The average molecular weight is 262 g/mol. The van der Waals surface area contributed by atoms with Crippen LogP contribution in [0, 0.1) is 0 Å². The molecule has 0 radical (unpaired) electrons. The summed E-state index contributed by atoms with van der Waals surface area (Å²) in [7, 11) is 0. The van der Waals surface area contributed by atoms with Gasteiger partial charge in [0.15, 0.2) is 0 Å². The largest absolute Gasteiger partial charge is 0.433 e. The van der Waals surface area contributed by atoms with Crippen molar-refractivity contribution in [3.63, 3.8) is 0 Å². The van der Waals surface area contributed by atoms with Crippen LogP contribution in [0.5, 0.6) is 0 Å². The summed E-state index contributed by atoms with van der Waals surface area (Å²) in [5, 5.41) is 8.99. The van der Waals surface area contributed by atoms with Crippen molar-refractivity contribution in [1.29, 1.82) is 0 Å². The van der Waals surface area contributed by atoms with E-state index in [1.54, 1.807) is 4.90 Å². The van der Waals surface area contributed by atoms with E-state index in [4.69, 9.17) is 9.84 Å². The molecule has 1 aromatic heterocycles. The summed E-state index contributed by atoms with van der Waals surface area (Å²) >= 11 is 0. The second kappa shape index (κ2) is 5.11. The smallest absolute Gasteiger partial charge is 0.394 e. The number of nitrogens with zero attached hydrogens (tertiary/aromatic N) is 2. The third-order valence-electron chi connectivity index (χ3n) is 2.69. The van der Waals surface area contributed by atoms with Crippen molar-refractivity contribution in [2.75, 3.05) is 31.2 Å². The Labute approximate surface area is 102 Å². The molecule has 100 valence electrons. The van der Waals surface area contributed by atoms with Gasteiger partial charge in [0.25, 0.3) is 0 Å². The molecule has 7 heteroatoms. The van der Waals surface area contributed by atoms with Gasteiger partial charge in [0.1, 0.15) is 11.5 Å². The van der Waals surface area contributed by atoms with E-state index in [2.05, 4.69) is 4.98 Å². The number of anilines is 1. The number of morpholine rings is 1. The first-order valence-electron chi connectivity index (χ1n) is 5.52. The van der Waals surface area contributed by atoms with E-state index in [9.17, 15) is 13.2 Å². The van der Waals surface area contributed by atoms with Crippen LogP contribution in [0.15, 0.2) is 18.2 Å². The highest BCUT2D eigenvalue weighted by molar-refractivity contribution is 5.40. The molecule has 2 rings (SSSR count). The van der Waals surface area contributed by atoms with Crippen molar-refractivity contribution in [1.82, 2.24) is 4.98 Å². The van der Waals surface area contributed by atoms with Crippen LogP contribution in [-0.2, 0) is 10.9 Å². The predicted octanol–water partition coefficient (Wildman–Crippen LogP) is 1.30. The number of hydrogen-bond donors (Lipinski definition) is 1. The molecule has 0 saturated carbocycles. The van der Waals surface area contributed by atoms with Crippen LogP contribution in [0.3, 0.4) is 0 Å². The summed E-state index contributed by atoms with van der Waals surface area (Å²) < 4.78 is 42.8. The zero-order valence-electron chi connectivity index (χ0n) is 9.52. The van der Waals surface area contributed by atoms with Gasteiger partial charge in [0, 0.05) is 13.1 Å². The summed E-state index contributed by atoms with van der Waals surface area (Å²) in [6.07, 6.45) is -4.83. The molecule has 2 heterocycles. The highest BCUT2D eigenvalue weighted by Gasteiger charge is 2.33. The van der Waals surface area contributed by atoms with Gasteiger partial charge in [-0.05, 0) is 12.1 Å². The minimum atomic E-state index is -4.45. The van der Waals surface area contributed by atoms with Crippen LogP contribution in [0.25, 0.3) is 0 Å². The molecule has 1 atom stereocenters. The lowest BCUT2D eigenvalue weighted by molar-refractivity contribution is -0.141. The van der Waals surface area contributed by atoms with E-state index in [-0.39, 0.29) is 18.5 Å². The Morgan fingerprint density at radius 3 is 2.89 bits per heavy atom. The Balaban J connectivity index is 2.18. The number of rotatable bonds is 2. The van der Waals surface area contributed by atoms with Gasteiger partial charge in [-0.3, -0.25) is 0 Å². The molecule has 1 saturated heterocycles. The molecular formula is C11H13F3N2O2. The SMILES string of the molecule is OCC1CN(c2cccc(C(F)(F)F)n2)CCO1. The Bertz CT molecular complexity index is 412. The number of alkyl halides is 3. The van der Waals surface area contributed by atoms with Gasteiger partial charge in [0.2, 0.25) is 0 Å². The fourth-order valence-corrected chi connectivity index (χ4v) is 1.80. The van der Waals surface area contributed by atoms with E-state index in [1.165, 1.54) is 12.1 Å². The number of aliphatic hydroxyl groups excluding tert-OH is 1. The van der Waals surface area contributed by atoms with E-state index in [1.807, 2.05) is 0 Å². The summed E-state index contributed by atoms with van der Waals surface area (Å²) in [6, 6.07) is 3.79. The van der Waals surface area contributed by atoms with Gasteiger partial charge < -0.3 is 14.7 Å². The Morgan fingerprint density at radius 2 is 2.22 bits per heavy atom. The first kappa shape index (κ1) is 13.1. The van der Waals surface area contributed by atoms with E-state index in [0.717, 1.165) is 6.07 Å². The zero-order valence-corrected chi connectivity index (χ0v) is 9.52. The molecule has 18 heavy (non-hydrogen) atoms. The lowest BCUT2D eigenvalue weighted by Gasteiger charge is -2.33. The number of ether oxygens (including phenoxy) is 1. The first-order valence-corrected chi connectivity index (χ1v) is 5.52. The van der Waals surface area contributed by atoms with Crippen LogP contribution in [0.4, 0.5) is 19.0 Å². The van der Waals surface area contributed by atoms with E-state index in [0.29, 0.717) is 19.7 Å². The molecule has 0 amide bonds. The minimum absolute atomic E-state index is 0.157. The fraction of sp³-hybridized carbons (Fsp3) is 0.545. The predicted molar refractivity (Wildman–Crippen MR) is 58.3 cm³/mol. The molecule has 0 aromatic carbocycles. The van der Waals surface area contributed by atoms with Crippen molar-refractivity contribution in [3.8, 4) is 0 Å². The van der Waals surface area contributed by atoms with Crippen molar-refractivity contribution < 1.29 is 23.0 Å².